The molecule has 1 saturated heterocycles. The molecule has 1 N–H and O–H groups in total. The highest BCUT2D eigenvalue weighted by Crippen LogP contribution is 2.18. The second kappa shape index (κ2) is 7.55. The number of methoxy groups -OCH3 is 1. The van der Waals surface area contributed by atoms with Gasteiger partial charge in [0.2, 0.25) is 5.91 Å². The highest BCUT2D eigenvalue weighted by atomic mass is 32.2. The van der Waals surface area contributed by atoms with E-state index in [1.54, 1.807) is 7.11 Å². The lowest BCUT2D eigenvalue weighted by atomic mass is 10.0. The smallest absolute Gasteiger partial charge is 0.326 e. The largest absolute Gasteiger partial charge is 0.480 e. The number of carbonyl (C=O) groups is 2. The van der Waals surface area contributed by atoms with Crippen LogP contribution >= 0.6 is 11.8 Å². The van der Waals surface area contributed by atoms with E-state index in [4.69, 9.17) is 9.84 Å². The minimum Gasteiger partial charge on any atom is -0.480 e. The van der Waals surface area contributed by atoms with Crippen molar-refractivity contribution in [1.82, 2.24) is 4.90 Å². The van der Waals surface area contributed by atoms with Crippen molar-refractivity contribution in [3.63, 3.8) is 0 Å². The molecule has 0 spiro atoms. The highest BCUT2D eigenvalue weighted by molar-refractivity contribution is 7.99. The van der Waals surface area contributed by atoms with Gasteiger partial charge in [0.25, 0.3) is 0 Å². The summed E-state index contributed by atoms with van der Waals surface area (Å²) in [6, 6.07) is -0.626. The van der Waals surface area contributed by atoms with E-state index >= 15 is 0 Å². The fraction of sp³-hybridized carbons (Fsp3) is 0.818. The lowest BCUT2D eigenvalue weighted by Crippen LogP contribution is -2.48. The van der Waals surface area contributed by atoms with Gasteiger partial charge in [-0.1, -0.05) is 0 Å². The Bertz CT molecular complexity index is 272. The van der Waals surface area contributed by atoms with Crippen LogP contribution in [0.3, 0.4) is 0 Å². The molecular weight excluding hydrogens is 242 g/mol. The van der Waals surface area contributed by atoms with Crippen LogP contribution in [-0.4, -0.2) is 59.7 Å². The lowest BCUT2D eigenvalue weighted by Gasteiger charge is -2.32. The average molecular weight is 261 g/mol. The van der Waals surface area contributed by atoms with E-state index < -0.39 is 12.0 Å². The van der Waals surface area contributed by atoms with Crippen molar-refractivity contribution in [3.05, 3.63) is 0 Å². The van der Waals surface area contributed by atoms with Gasteiger partial charge in [0.15, 0.2) is 0 Å². The number of carboxylic acids is 1. The molecule has 0 aromatic heterocycles. The molecule has 0 bridgehead atoms. The van der Waals surface area contributed by atoms with Gasteiger partial charge in [0.05, 0.1) is 12.4 Å². The topological polar surface area (TPSA) is 66.8 Å². The lowest BCUT2D eigenvalue weighted by molar-refractivity contribution is -0.150. The van der Waals surface area contributed by atoms with E-state index in [2.05, 4.69) is 0 Å². The summed E-state index contributed by atoms with van der Waals surface area (Å²) < 4.78 is 4.89. The number of rotatable bonds is 6. The average Bonchev–Trinajstić information content (AvgIpc) is 2.34. The predicted molar refractivity (Wildman–Crippen MR) is 66.2 cm³/mol. The predicted octanol–water partition coefficient (Wildman–Crippen LogP) is 0.832. The molecule has 0 aromatic carbocycles. The van der Waals surface area contributed by atoms with Crippen LogP contribution in [0.2, 0.25) is 0 Å². The Balaban J connectivity index is 2.39. The number of hydrogen-bond acceptors (Lipinski definition) is 4. The SMILES string of the molecule is COCCSCC(=O)N1CCCC[C@H]1C(=O)O. The number of carboxylic acid groups (broad SMARTS) is 1. The molecule has 98 valence electrons. The van der Waals surface area contributed by atoms with E-state index in [9.17, 15) is 9.59 Å². The summed E-state index contributed by atoms with van der Waals surface area (Å²) in [6.45, 7) is 1.18. The number of hydrogen-bond donors (Lipinski definition) is 1. The Morgan fingerprint density at radius 1 is 1.47 bits per heavy atom. The molecule has 1 atom stereocenters. The van der Waals surface area contributed by atoms with Crippen molar-refractivity contribution in [2.75, 3.05) is 31.8 Å². The normalized spacial score (nSPS) is 20.3. The number of ether oxygens (including phenoxy) is 1. The number of likely N-dealkylation sites (tertiary alicyclic amines) is 1. The van der Waals surface area contributed by atoms with Crippen LogP contribution in [0.25, 0.3) is 0 Å². The minimum absolute atomic E-state index is 0.0711. The van der Waals surface area contributed by atoms with Gasteiger partial charge in [-0.2, -0.15) is 0 Å². The Hall–Kier alpha value is -0.750. The summed E-state index contributed by atoms with van der Waals surface area (Å²) >= 11 is 1.48. The van der Waals surface area contributed by atoms with E-state index in [-0.39, 0.29) is 5.91 Å². The Labute approximate surface area is 105 Å². The molecule has 0 radical (unpaired) electrons. The molecule has 6 heteroatoms. The zero-order chi connectivity index (χ0) is 12.7. The van der Waals surface area contributed by atoms with Gasteiger partial charge in [-0.3, -0.25) is 4.79 Å². The third kappa shape index (κ3) is 4.55. The summed E-state index contributed by atoms with van der Waals surface area (Å²) in [4.78, 5) is 24.4. The van der Waals surface area contributed by atoms with Crippen molar-refractivity contribution < 1.29 is 19.4 Å². The van der Waals surface area contributed by atoms with Gasteiger partial charge in [0, 0.05) is 19.4 Å². The number of amides is 1. The maximum atomic E-state index is 11.9. The van der Waals surface area contributed by atoms with Gasteiger partial charge in [-0.25, -0.2) is 4.79 Å². The van der Waals surface area contributed by atoms with Gasteiger partial charge in [-0.05, 0) is 19.3 Å². The summed E-state index contributed by atoms with van der Waals surface area (Å²) in [5.41, 5.74) is 0. The molecule has 1 fully saturated rings. The highest BCUT2D eigenvalue weighted by Gasteiger charge is 2.31. The molecule has 0 saturated carbocycles. The van der Waals surface area contributed by atoms with Crippen molar-refractivity contribution in [1.29, 1.82) is 0 Å². The van der Waals surface area contributed by atoms with Gasteiger partial charge in [-0.15, -0.1) is 11.8 Å². The number of aliphatic carboxylic acids is 1. The monoisotopic (exact) mass is 261 g/mol. The molecule has 1 amide bonds. The van der Waals surface area contributed by atoms with Crippen LogP contribution in [0.5, 0.6) is 0 Å². The van der Waals surface area contributed by atoms with Crippen molar-refractivity contribution in [3.8, 4) is 0 Å². The first-order valence-electron chi connectivity index (χ1n) is 5.75. The van der Waals surface area contributed by atoms with Crippen LogP contribution in [0.15, 0.2) is 0 Å². The number of thioether (sulfide) groups is 1. The minimum atomic E-state index is -0.889. The first-order chi connectivity index (χ1) is 8.16. The molecule has 5 nitrogen and oxygen atoms in total. The molecule has 17 heavy (non-hydrogen) atoms. The maximum absolute atomic E-state index is 11.9. The van der Waals surface area contributed by atoms with Crippen LogP contribution in [0.4, 0.5) is 0 Å². The molecule has 1 aliphatic heterocycles. The van der Waals surface area contributed by atoms with E-state index in [0.717, 1.165) is 18.6 Å². The Kier molecular flexibility index (Phi) is 6.36. The van der Waals surface area contributed by atoms with Crippen molar-refractivity contribution in [2.24, 2.45) is 0 Å². The molecule has 1 heterocycles. The van der Waals surface area contributed by atoms with Gasteiger partial charge in [0.1, 0.15) is 6.04 Å². The number of nitrogens with zero attached hydrogens (tertiary/aromatic N) is 1. The van der Waals surface area contributed by atoms with Crippen LogP contribution in [0, 0.1) is 0 Å². The fourth-order valence-electron chi connectivity index (χ4n) is 1.87. The molecule has 0 aliphatic carbocycles. The third-order valence-electron chi connectivity index (χ3n) is 2.77. The van der Waals surface area contributed by atoms with Crippen LogP contribution in [-0.2, 0) is 14.3 Å². The summed E-state index contributed by atoms with van der Waals surface area (Å²) in [5.74, 6) is 0.138. The second-order valence-corrected chi connectivity index (χ2v) is 5.09. The van der Waals surface area contributed by atoms with Gasteiger partial charge >= 0.3 is 5.97 Å². The Morgan fingerprint density at radius 3 is 2.88 bits per heavy atom. The molecule has 1 rings (SSSR count). The summed E-state index contributed by atoms with van der Waals surface area (Å²) in [5, 5.41) is 9.05. The van der Waals surface area contributed by atoms with E-state index in [1.165, 1.54) is 16.7 Å². The zero-order valence-electron chi connectivity index (χ0n) is 10.1. The molecule has 1 aliphatic rings. The number of carbonyl (C=O) groups excluding carboxylic acids is 1. The van der Waals surface area contributed by atoms with Crippen LogP contribution < -0.4 is 0 Å². The second-order valence-electron chi connectivity index (χ2n) is 3.98. The fourth-order valence-corrected chi connectivity index (χ4v) is 2.64. The maximum Gasteiger partial charge on any atom is 0.326 e. The van der Waals surface area contributed by atoms with Crippen LogP contribution in [0.1, 0.15) is 19.3 Å². The zero-order valence-corrected chi connectivity index (χ0v) is 10.9. The van der Waals surface area contributed by atoms with E-state index in [1.807, 2.05) is 0 Å². The van der Waals surface area contributed by atoms with Gasteiger partial charge < -0.3 is 14.7 Å². The quantitative estimate of drug-likeness (QED) is 0.717. The van der Waals surface area contributed by atoms with Crippen molar-refractivity contribution >= 4 is 23.6 Å². The number of piperidine rings is 1. The summed E-state index contributed by atoms with van der Waals surface area (Å²) in [7, 11) is 1.62. The van der Waals surface area contributed by atoms with Crippen molar-refractivity contribution in [2.45, 2.75) is 25.3 Å². The third-order valence-corrected chi connectivity index (χ3v) is 3.67. The first-order valence-corrected chi connectivity index (χ1v) is 6.91. The molecule has 0 unspecified atom stereocenters. The van der Waals surface area contributed by atoms with E-state index in [0.29, 0.717) is 25.3 Å². The Morgan fingerprint density at radius 2 is 2.24 bits per heavy atom. The summed E-state index contributed by atoms with van der Waals surface area (Å²) in [6.07, 6.45) is 2.36. The molecule has 0 aromatic rings. The first kappa shape index (κ1) is 14.3. The molecular formula is C11H19NO4S. The standard InChI is InChI=1S/C11H19NO4S/c1-16-6-7-17-8-10(13)12-5-3-2-4-9(12)11(14)15/h9H,2-8H2,1H3,(H,14,15)/t9-/m0/s1.